The van der Waals surface area contributed by atoms with Crippen LogP contribution in [0.5, 0.6) is 0 Å². The molecular weight excluding hydrogens is 310 g/mol. The van der Waals surface area contributed by atoms with Gasteiger partial charge in [0.05, 0.1) is 13.8 Å². The fourth-order valence-corrected chi connectivity index (χ4v) is 4.23. The second-order valence-electron chi connectivity index (χ2n) is 7.47. The Balaban J connectivity index is 2.11. The van der Waals surface area contributed by atoms with Crippen molar-refractivity contribution in [2.45, 2.75) is 26.6 Å². The van der Waals surface area contributed by atoms with Crippen LogP contribution in [0.1, 0.15) is 5.56 Å². The minimum Gasteiger partial charge on any atom is -0.455 e. The summed E-state index contributed by atoms with van der Waals surface area (Å²) in [5, 5.41) is 3.81. The lowest BCUT2D eigenvalue weighted by molar-refractivity contribution is 0.670. The first-order chi connectivity index (χ1) is 11.4. The molecule has 0 spiro atoms. The van der Waals surface area contributed by atoms with Gasteiger partial charge in [0.1, 0.15) is 11.2 Å². The van der Waals surface area contributed by atoms with E-state index < -0.39 is 8.07 Å². The molecule has 2 nitrogen and oxygen atoms in total. The van der Waals surface area contributed by atoms with Gasteiger partial charge in [-0.3, -0.25) is 4.98 Å². The molecule has 0 fully saturated rings. The summed E-state index contributed by atoms with van der Waals surface area (Å²) >= 11 is 0. The Morgan fingerprint density at radius 2 is 1.71 bits per heavy atom. The topological polar surface area (TPSA) is 26.0 Å². The van der Waals surface area contributed by atoms with Gasteiger partial charge in [0.2, 0.25) is 0 Å². The lowest BCUT2D eigenvalue weighted by Crippen LogP contribution is -2.37. The van der Waals surface area contributed by atoms with Gasteiger partial charge >= 0.3 is 0 Å². The van der Waals surface area contributed by atoms with Crippen LogP contribution in [0.3, 0.4) is 0 Å². The molecule has 0 N–H and O–H groups in total. The lowest BCUT2D eigenvalue weighted by atomic mass is 10.1. The third kappa shape index (κ3) is 2.45. The summed E-state index contributed by atoms with van der Waals surface area (Å²) in [6, 6.07) is 17.1. The Hall–Kier alpha value is -2.39. The number of nitrogens with zero attached hydrogens (tertiary/aromatic N) is 1. The molecule has 0 aliphatic heterocycles. The lowest BCUT2D eigenvalue weighted by Gasteiger charge is -2.18. The van der Waals surface area contributed by atoms with Crippen LogP contribution in [0.4, 0.5) is 0 Å². The molecule has 2 heterocycles. The first-order valence-corrected chi connectivity index (χ1v) is 11.8. The van der Waals surface area contributed by atoms with Gasteiger partial charge in [0, 0.05) is 22.5 Å². The molecule has 0 saturated carbocycles. The number of para-hydroxylation sites is 1. The molecule has 0 aliphatic rings. The standard InChI is InChI=1S/C21H21NOSi/c1-14-9-10-19(22-13-14)18-12-15(24(2,3)4)11-17-16-7-5-6-8-20(16)23-21(17)18/h5-13H,1-4H3. The largest absolute Gasteiger partial charge is 0.455 e. The van der Waals surface area contributed by atoms with Crippen LogP contribution in [0, 0.1) is 6.92 Å². The van der Waals surface area contributed by atoms with Crippen molar-refractivity contribution in [1.29, 1.82) is 0 Å². The Morgan fingerprint density at radius 3 is 2.42 bits per heavy atom. The van der Waals surface area contributed by atoms with Crippen molar-refractivity contribution in [3.8, 4) is 11.3 Å². The fourth-order valence-electron chi connectivity index (χ4n) is 3.08. The smallest absolute Gasteiger partial charge is 0.144 e. The quantitative estimate of drug-likeness (QED) is 0.453. The number of hydrogen-bond donors (Lipinski definition) is 0. The summed E-state index contributed by atoms with van der Waals surface area (Å²) in [5.41, 5.74) is 5.12. The predicted molar refractivity (Wildman–Crippen MR) is 105 cm³/mol. The summed E-state index contributed by atoms with van der Waals surface area (Å²) in [6.07, 6.45) is 1.92. The van der Waals surface area contributed by atoms with Gasteiger partial charge in [0.15, 0.2) is 0 Å². The summed E-state index contributed by atoms with van der Waals surface area (Å²) in [5.74, 6) is 0. The van der Waals surface area contributed by atoms with E-state index in [0.29, 0.717) is 0 Å². The molecule has 4 rings (SSSR count). The molecule has 120 valence electrons. The number of pyridine rings is 1. The number of aromatic nitrogens is 1. The van der Waals surface area contributed by atoms with Gasteiger partial charge in [-0.1, -0.05) is 55.2 Å². The average molecular weight is 331 g/mol. The third-order valence-electron chi connectivity index (χ3n) is 4.53. The Labute approximate surface area is 143 Å². The molecule has 0 bridgehead atoms. The van der Waals surface area contributed by atoms with Crippen LogP contribution in [0.15, 0.2) is 59.1 Å². The van der Waals surface area contributed by atoms with Crippen molar-refractivity contribution in [3.63, 3.8) is 0 Å². The minimum absolute atomic E-state index is 0.939. The van der Waals surface area contributed by atoms with Gasteiger partial charge in [-0.15, -0.1) is 0 Å². The van der Waals surface area contributed by atoms with Gasteiger partial charge in [-0.2, -0.15) is 0 Å². The Morgan fingerprint density at radius 1 is 0.917 bits per heavy atom. The highest BCUT2D eigenvalue weighted by molar-refractivity contribution is 6.89. The molecule has 0 aliphatic carbocycles. The van der Waals surface area contributed by atoms with Gasteiger partial charge in [-0.25, -0.2) is 0 Å². The number of furan rings is 1. The molecule has 3 heteroatoms. The van der Waals surface area contributed by atoms with E-state index in [4.69, 9.17) is 4.42 Å². The van der Waals surface area contributed by atoms with E-state index in [9.17, 15) is 0 Å². The zero-order chi connectivity index (χ0) is 16.9. The van der Waals surface area contributed by atoms with E-state index in [1.54, 1.807) is 0 Å². The first-order valence-electron chi connectivity index (χ1n) is 8.32. The van der Waals surface area contributed by atoms with Gasteiger partial charge < -0.3 is 4.42 Å². The SMILES string of the molecule is Cc1ccc(-c2cc([Si](C)(C)C)cc3c2oc2ccccc23)nc1. The maximum absolute atomic E-state index is 6.21. The number of benzene rings is 2. The predicted octanol–water partition coefficient (Wildman–Crippen LogP) is 5.50. The van der Waals surface area contributed by atoms with E-state index in [0.717, 1.165) is 22.4 Å². The Bertz CT molecular complexity index is 1040. The zero-order valence-corrected chi connectivity index (χ0v) is 15.6. The second kappa shape index (κ2) is 5.31. The fraction of sp³-hybridized carbons (Fsp3) is 0.190. The van der Waals surface area contributed by atoms with Crippen LogP contribution in [0.25, 0.3) is 33.2 Å². The maximum Gasteiger partial charge on any atom is 0.144 e. The highest BCUT2D eigenvalue weighted by atomic mass is 28.3. The highest BCUT2D eigenvalue weighted by Crippen LogP contribution is 2.35. The summed E-state index contributed by atoms with van der Waals surface area (Å²) in [4.78, 5) is 4.65. The summed E-state index contributed by atoms with van der Waals surface area (Å²) in [6.45, 7) is 9.19. The van der Waals surface area contributed by atoms with Crippen molar-refractivity contribution in [2.75, 3.05) is 0 Å². The van der Waals surface area contributed by atoms with E-state index >= 15 is 0 Å². The van der Waals surface area contributed by atoms with E-state index in [1.807, 2.05) is 18.3 Å². The van der Waals surface area contributed by atoms with Crippen molar-refractivity contribution >= 4 is 35.2 Å². The van der Waals surface area contributed by atoms with Gasteiger partial charge in [-0.05, 0) is 30.7 Å². The molecule has 0 amide bonds. The number of hydrogen-bond acceptors (Lipinski definition) is 2. The molecule has 24 heavy (non-hydrogen) atoms. The maximum atomic E-state index is 6.21. The van der Waals surface area contributed by atoms with E-state index in [-0.39, 0.29) is 0 Å². The van der Waals surface area contributed by atoms with Crippen molar-refractivity contribution in [2.24, 2.45) is 0 Å². The van der Waals surface area contributed by atoms with Crippen LogP contribution >= 0.6 is 0 Å². The van der Waals surface area contributed by atoms with Crippen molar-refractivity contribution < 1.29 is 4.42 Å². The Kier molecular flexibility index (Phi) is 3.36. The summed E-state index contributed by atoms with van der Waals surface area (Å²) in [7, 11) is -1.46. The van der Waals surface area contributed by atoms with Crippen LogP contribution in [0.2, 0.25) is 19.6 Å². The molecule has 0 saturated heterocycles. The number of rotatable bonds is 2. The first kappa shape index (κ1) is 15.2. The van der Waals surface area contributed by atoms with Crippen LogP contribution in [-0.4, -0.2) is 13.1 Å². The molecule has 4 aromatic rings. The third-order valence-corrected chi connectivity index (χ3v) is 6.55. The zero-order valence-electron chi connectivity index (χ0n) is 14.6. The average Bonchev–Trinajstić information content (AvgIpc) is 2.93. The van der Waals surface area contributed by atoms with Gasteiger partial charge in [0.25, 0.3) is 0 Å². The van der Waals surface area contributed by atoms with E-state index in [1.165, 1.54) is 21.5 Å². The normalized spacial score (nSPS) is 12.2. The molecule has 2 aromatic carbocycles. The monoisotopic (exact) mass is 331 g/mol. The molecule has 0 radical (unpaired) electrons. The number of fused-ring (bicyclic) bond motifs is 3. The molecule has 0 atom stereocenters. The molecular formula is C21H21NOSi. The van der Waals surface area contributed by atoms with Crippen LogP contribution < -0.4 is 5.19 Å². The summed E-state index contributed by atoms with van der Waals surface area (Å²) < 4.78 is 6.21. The van der Waals surface area contributed by atoms with E-state index in [2.05, 4.69) is 67.9 Å². The van der Waals surface area contributed by atoms with Crippen LogP contribution in [-0.2, 0) is 0 Å². The molecule has 0 unspecified atom stereocenters. The van der Waals surface area contributed by atoms with Crippen molar-refractivity contribution in [1.82, 2.24) is 4.98 Å². The number of aryl methyl sites for hydroxylation is 1. The second-order valence-corrected chi connectivity index (χ2v) is 12.5. The highest BCUT2D eigenvalue weighted by Gasteiger charge is 2.21. The van der Waals surface area contributed by atoms with Crippen molar-refractivity contribution in [3.05, 3.63) is 60.3 Å². The molecule has 2 aromatic heterocycles. The minimum atomic E-state index is -1.46.